The number of phenols is 1. The number of aryl methyl sites for hydroxylation is 5. The summed E-state index contributed by atoms with van der Waals surface area (Å²) in [7, 11) is 8.56. The van der Waals surface area contributed by atoms with Crippen LogP contribution in [-0.4, -0.2) is 67.3 Å². The van der Waals surface area contributed by atoms with Gasteiger partial charge >= 0.3 is 11.9 Å². The molecule has 0 aliphatic carbocycles. The van der Waals surface area contributed by atoms with Gasteiger partial charge in [-0.05, 0) is 75.3 Å². The number of methoxy groups -OCH3 is 2. The fourth-order valence-electron chi connectivity index (χ4n) is 6.21. The summed E-state index contributed by atoms with van der Waals surface area (Å²) in [5.74, 6) is 0.109. The van der Waals surface area contributed by atoms with Crippen molar-refractivity contribution in [3.8, 4) is 16.9 Å². The van der Waals surface area contributed by atoms with Gasteiger partial charge in [-0.1, -0.05) is 11.6 Å². The number of thioether (sulfide) groups is 1. The van der Waals surface area contributed by atoms with Crippen LogP contribution in [0.1, 0.15) is 50.8 Å². The number of benzene rings is 2. The number of fused-ring (bicyclic) bond motifs is 1. The molecular formula is C35H41ClN6O5S. The average molecular weight is 693 g/mol. The summed E-state index contributed by atoms with van der Waals surface area (Å²) >= 11 is 8.64. The average Bonchev–Trinajstić information content (AvgIpc) is 3.62. The summed E-state index contributed by atoms with van der Waals surface area (Å²) in [5, 5.41) is 21.0. The first-order chi connectivity index (χ1) is 22.8. The summed E-state index contributed by atoms with van der Waals surface area (Å²) < 4.78 is 15.6. The molecule has 0 aliphatic rings. The fraction of sp³-hybridized carbons (Fsp3) is 0.371. The molecule has 11 nitrogen and oxygen atoms in total. The van der Waals surface area contributed by atoms with Crippen molar-refractivity contribution >= 4 is 46.2 Å². The van der Waals surface area contributed by atoms with Gasteiger partial charge in [0.15, 0.2) is 0 Å². The van der Waals surface area contributed by atoms with Gasteiger partial charge in [0.25, 0.3) is 0 Å². The van der Waals surface area contributed by atoms with Gasteiger partial charge in [-0.3, -0.25) is 19.1 Å². The highest BCUT2D eigenvalue weighted by molar-refractivity contribution is 7.98. The molecule has 0 unspecified atom stereocenters. The quantitative estimate of drug-likeness (QED) is 0.118. The Morgan fingerprint density at radius 3 is 2.42 bits per heavy atom. The second-order valence-corrected chi connectivity index (χ2v) is 13.5. The molecule has 2 aromatic carbocycles. The van der Waals surface area contributed by atoms with E-state index in [1.807, 2.05) is 68.0 Å². The fourth-order valence-corrected chi connectivity index (χ4v) is 7.52. The van der Waals surface area contributed by atoms with Crippen LogP contribution in [0.25, 0.3) is 22.0 Å². The summed E-state index contributed by atoms with van der Waals surface area (Å²) in [5.41, 5.74) is 8.29. The Kier molecular flexibility index (Phi) is 10.6. The third kappa shape index (κ3) is 7.11. The molecule has 0 saturated carbocycles. The highest BCUT2D eigenvalue weighted by atomic mass is 35.5. The van der Waals surface area contributed by atoms with Crippen LogP contribution >= 0.6 is 23.4 Å². The number of ether oxygens (including phenoxy) is 2. The van der Waals surface area contributed by atoms with E-state index < -0.39 is 5.97 Å². The van der Waals surface area contributed by atoms with Crippen molar-refractivity contribution in [2.75, 3.05) is 21.3 Å². The van der Waals surface area contributed by atoms with Crippen molar-refractivity contribution in [1.29, 1.82) is 0 Å². The Morgan fingerprint density at radius 2 is 1.73 bits per heavy atom. The van der Waals surface area contributed by atoms with E-state index in [4.69, 9.17) is 31.3 Å². The summed E-state index contributed by atoms with van der Waals surface area (Å²) in [6, 6.07) is 11.4. The van der Waals surface area contributed by atoms with Crippen molar-refractivity contribution in [3.63, 3.8) is 0 Å². The number of carbonyl (C=O) groups excluding carboxylic acids is 2. The molecule has 0 aliphatic heterocycles. The number of carbonyl (C=O) groups is 2. The number of rotatable bonds is 12. The summed E-state index contributed by atoms with van der Waals surface area (Å²) in [4.78, 5) is 28.3. The number of aromatic nitrogens is 5. The maximum atomic E-state index is 13.1. The highest BCUT2D eigenvalue weighted by Crippen LogP contribution is 2.42. The zero-order chi connectivity index (χ0) is 34.9. The topological polar surface area (TPSA) is 117 Å². The van der Waals surface area contributed by atoms with Crippen LogP contribution in [0.2, 0.25) is 5.02 Å². The van der Waals surface area contributed by atoms with Gasteiger partial charge in [0.05, 0.1) is 32.0 Å². The predicted molar refractivity (Wildman–Crippen MR) is 187 cm³/mol. The molecule has 48 heavy (non-hydrogen) atoms. The first-order valence-electron chi connectivity index (χ1n) is 15.5. The lowest BCUT2D eigenvalue weighted by atomic mass is 9.96. The SMILES string of the molecule is COC(=O)CCn1c(C(=O)OC)c(C)c2c(-c3c(CN(C)Cc4cc(CSc5cc(C)cc(O)c5)n(C)n4)nn(C)c3C)c(Cl)ccc21. The molecule has 0 saturated heterocycles. The minimum atomic E-state index is -0.497. The molecule has 13 heteroatoms. The van der Waals surface area contributed by atoms with Crippen LogP contribution in [0.15, 0.2) is 41.3 Å². The number of hydrogen-bond donors (Lipinski definition) is 1. The third-order valence-corrected chi connectivity index (χ3v) is 9.85. The predicted octanol–water partition coefficient (Wildman–Crippen LogP) is 6.33. The number of esters is 2. The van der Waals surface area contributed by atoms with Crippen molar-refractivity contribution in [2.24, 2.45) is 14.1 Å². The van der Waals surface area contributed by atoms with Gasteiger partial charge in [-0.25, -0.2) is 4.79 Å². The van der Waals surface area contributed by atoms with E-state index in [1.165, 1.54) is 14.2 Å². The molecule has 0 bridgehead atoms. The smallest absolute Gasteiger partial charge is 0.354 e. The second-order valence-electron chi connectivity index (χ2n) is 12.0. The molecule has 0 fully saturated rings. The number of hydrogen-bond acceptors (Lipinski definition) is 9. The molecule has 1 N–H and O–H groups in total. The second kappa shape index (κ2) is 14.5. The van der Waals surface area contributed by atoms with Gasteiger partial charge in [0, 0.05) is 82.8 Å². The van der Waals surface area contributed by atoms with Crippen LogP contribution in [0.4, 0.5) is 0 Å². The van der Waals surface area contributed by atoms with Gasteiger partial charge in [-0.15, -0.1) is 11.8 Å². The van der Waals surface area contributed by atoms with Crippen LogP contribution in [0.5, 0.6) is 5.75 Å². The number of nitrogens with zero attached hydrogens (tertiary/aromatic N) is 6. The maximum absolute atomic E-state index is 13.1. The number of halogens is 1. The van der Waals surface area contributed by atoms with E-state index in [1.54, 1.807) is 23.9 Å². The van der Waals surface area contributed by atoms with Gasteiger partial charge < -0.3 is 19.1 Å². The standard InChI is InChI=1S/C35H41ClN6O5S/c1-20-13-25(43)16-26(14-20)48-19-24-15-23(37-41(24)6)17-39(4)18-28-32(22(3)40(5)38-28)33-27(36)9-10-29-31(33)21(2)34(35(45)47-8)42(29)12-11-30(44)46-7/h9-10,13-16,43H,11-12,17-19H2,1-8H3. The lowest BCUT2D eigenvalue weighted by Crippen LogP contribution is -2.18. The lowest BCUT2D eigenvalue weighted by Gasteiger charge is -2.16. The maximum Gasteiger partial charge on any atom is 0.354 e. The van der Waals surface area contributed by atoms with Crippen molar-refractivity contribution < 1.29 is 24.2 Å². The summed E-state index contributed by atoms with van der Waals surface area (Å²) in [6.07, 6.45) is 0.0904. The van der Waals surface area contributed by atoms with E-state index in [0.29, 0.717) is 35.1 Å². The highest BCUT2D eigenvalue weighted by Gasteiger charge is 2.28. The lowest BCUT2D eigenvalue weighted by molar-refractivity contribution is -0.140. The van der Waals surface area contributed by atoms with Gasteiger partial charge in [-0.2, -0.15) is 10.2 Å². The van der Waals surface area contributed by atoms with E-state index in [2.05, 4.69) is 17.0 Å². The Balaban J connectivity index is 1.46. The van der Waals surface area contributed by atoms with Crippen LogP contribution in [0, 0.1) is 20.8 Å². The Morgan fingerprint density at radius 1 is 0.979 bits per heavy atom. The van der Waals surface area contributed by atoms with Crippen molar-refractivity contribution in [3.05, 3.63) is 81.0 Å². The Labute approximate surface area is 289 Å². The third-order valence-electron chi connectivity index (χ3n) is 8.53. The van der Waals surface area contributed by atoms with Crippen molar-refractivity contribution in [2.45, 2.75) is 57.5 Å². The zero-order valence-corrected chi connectivity index (χ0v) is 30.1. The Bertz CT molecular complexity index is 1990. The molecule has 0 radical (unpaired) electrons. The normalized spacial score (nSPS) is 11.5. The van der Waals surface area contributed by atoms with Gasteiger partial charge in [0.2, 0.25) is 0 Å². The molecule has 0 spiro atoms. The monoisotopic (exact) mass is 692 g/mol. The van der Waals surface area contributed by atoms with E-state index >= 15 is 0 Å². The van der Waals surface area contributed by atoms with Gasteiger partial charge in [0.1, 0.15) is 11.4 Å². The minimum absolute atomic E-state index is 0.0904. The molecule has 5 rings (SSSR count). The molecule has 254 valence electrons. The van der Waals surface area contributed by atoms with Crippen LogP contribution in [0.3, 0.4) is 0 Å². The largest absolute Gasteiger partial charge is 0.508 e. The molecule has 5 aromatic rings. The zero-order valence-electron chi connectivity index (χ0n) is 28.5. The summed E-state index contributed by atoms with van der Waals surface area (Å²) in [6.45, 7) is 7.18. The molecule has 0 amide bonds. The molecule has 3 aromatic heterocycles. The van der Waals surface area contributed by atoms with E-state index in [0.717, 1.165) is 55.3 Å². The van der Waals surface area contributed by atoms with E-state index in [-0.39, 0.29) is 24.7 Å². The van der Waals surface area contributed by atoms with Crippen LogP contribution in [-0.2, 0) is 53.8 Å². The van der Waals surface area contributed by atoms with Crippen LogP contribution < -0.4 is 0 Å². The first-order valence-corrected chi connectivity index (χ1v) is 16.8. The Hall–Kier alpha value is -4.26. The molecule has 0 atom stereocenters. The van der Waals surface area contributed by atoms with E-state index in [9.17, 15) is 14.7 Å². The molecular weight excluding hydrogens is 652 g/mol. The molecule has 3 heterocycles. The van der Waals surface area contributed by atoms with Crippen molar-refractivity contribution in [1.82, 2.24) is 29.0 Å². The number of aromatic hydroxyl groups is 1. The first kappa shape index (κ1) is 35.1. The number of phenolic OH excluding ortho intramolecular Hbond substituents is 1. The minimum Gasteiger partial charge on any atom is -0.508 e.